The minimum atomic E-state index is 0.139. The minimum Gasteiger partial charge on any atom is -0.483 e. The Morgan fingerprint density at radius 3 is 2.61 bits per heavy atom. The SMILES string of the molecule is CC(C1CC1)N(C(=O)COc1cccc2ccccc12)C1CC1. The topological polar surface area (TPSA) is 29.5 Å². The van der Waals surface area contributed by atoms with Crippen LogP contribution in [0.4, 0.5) is 0 Å². The lowest BCUT2D eigenvalue weighted by Crippen LogP contribution is -2.44. The summed E-state index contributed by atoms with van der Waals surface area (Å²) in [5.41, 5.74) is 0. The summed E-state index contributed by atoms with van der Waals surface area (Å²) in [6, 6.07) is 14.9. The Bertz CT molecular complexity index is 713. The minimum absolute atomic E-state index is 0.139. The highest BCUT2D eigenvalue weighted by molar-refractivity contribution is 5.88. The van der Waals surface area contributed by atoms with E-state index in [0.717, 1.165) is 29.4 Å². The van der Waals surface area contributed by atoms with E-state index in [1.807, 2.05) is 30.3 Å². The molecule has 2 fully saturated rings. The zero-order valence-corrected chi connectivity index (χ0v) is 13.6. The summed E-state index contributed by atoms with van der Waals surface area (Å²) in [6.45, 7) is 2.34. The fourth-order valence-corrected chi connectivity index (χ4v) is 3.46. The zero-order valence-electron chi connectivity index (χ0n) is 13.6. The predicted octanol–water partition coefficient (Wildman–Crippen LogP) is 4.01. The first kappa shape index (κ1) is 14.6. The van der Waals surface area contributed by atoms with Crippen LogP contribution in [0.25, 0.3) is 10.8 Å². The van der Waals surface area contributed by atoms with Crippen LogP contribution in [-0.4, -0.2) is 29.5 Å². The Kier molecular flexibility index (Phi) is 3.72. The van der Waals surface area contributed by atoms with Crippen LogP contribution in [0.5, 0.6) is 5.75 Å². The largest absolute Gasteiger partial charge is 0.483 e. The van der Waals surface area contributed by atoms with Crippen molar-refractivity contribution < 1.29 is 9.53 Å². The highest BCUT2D eigenvalue weighted by atomic mass is 16.5. The van der Waals surface area contributed by atoms with Gasteiger partial charge in [-0.1, -0.05) is 36.4 Å². The smallest absolute Gasteiger partial charge is 0.261 e. The van der Waals surface area contributed by atoms with Crippen molar-refractivity contribution in [3.63, 3.8) is 0 Å². The number of hydrogen-bond donors (Lipinski definition) is 0. The van der Waals surface area contributed by atoms with Gasteiger partial charge in [-0.2, -0.15) is 0 Å². The van der Waals surface area contributed by atoms with E-state index < -0.39 is 0 Å². The standard InChI is InChI=1S/C20H23NO2/c1-14(15-9-10-15)21(17-11-12-17)20(22)13-23-19-8-4-6-16-5-2-3-7-18(16)19/h2-8,14-15,17H,9-13H2,1H3. The van der Waals surface area contributed by atoms with Crippen LogP contribution in [0.2, 0.25) is 0 Å². The van der Waals surface area contributed by atoms with Crippen molar-refractivity contribution in [3.05, 3.63) is 42.5 Å². The average Bonchev–Trinajstić information content (AvgIpc) is 3.46. The van der Waals surface area contributed by atoms with Gasteiger partial charge in [-0.15, -0.1) is 0 Å². The van der Waals surface area contributed by atoms with Crippen LogP contribution in [-0.2, 0) is 4.79 Å². The Morgan fingerprint density at radius 1 is 1.13 bits per heavy atom. The molecule has 1 unspecified atom stereocenters. The summed E-state index contributed by atoms with van der Waals surface area (Å²) in [5, 5.41) is 2.21. The maximum Gasteiger partial charge on any atom is 0.261 e. The van der Waals surface area contributed by atoms with E-state index >= 15 is 0 Å². The summed E-state index contributed by atoms with van der Waals surface area (Å²) >= 11 is 0. The van der Waals surface area contributed by atoms with Gasteiger partial charge in [-0.3, -0.25) is 4.79 Å². The molecule has 2 aliphatic rings. The van der Waals surface area contributed by atoms with Crippen molar-refractivity contribution in [2.75, 3.05) is 6.61 Å². The molecule has 0 saturated heterocycles. The van der Waals surface area contributed by atoms with Gasteiger partial charge in [0, 0.05) is 17.5 Å². The lowest BCUT2D eigenvalue weighted by molar-refractivity contribution is -0.136. The molecular formula is C20H23NO2. The number of ether oxygens (including phenoxy) is 1. The molecule has 1 atom stereocenters. The molecule has 23 heavy (non-hydrogen) atoms. The van der Waals surface area contributed by atoms with Crippen molar-refractivity contribution in [2.24, 2.45) is 5.92 Å². The van der Waals surface area contributed by atoms with Gasteiger partial charge in [0.1, 0.15) is 5.75 Å². The molecule has 0 N–H and O–H groups in total. The highest BCUT2D eigenvalue weighted by Gasteiger charge is 2.41. The van der Waals surface area contributed by atoms with E-state index in [-0.39, 0.29) is 12.5 Å². The fraction of sp³-hybridized carbons (Fsp3) is 0.450. The number of carbonyl (C=O) groups is 1. The molecule has 0 bridgehead atoms. The van der Waals surface area contributed by atoms with E-state index in [9.17, 15) is 4.79 Å². The molecule has 2 aromatic rings. The van der Waals surface area contributed by atoms with Crippen molar-refractivity contribution in [1.82, 2.24) is 4.90 Å². The molecule has 1 amide bonds. The molecule has 2 saturated carbocycles. The van der Waals surface area contributed by atoms with E-state index in [4.69, 9.17) is 4.74 Å². The number of benzene rings is 2. The second kappa shape index (κ2) is 5.88. The summed E-state index contributed by atoms with van der Waals surface area (Å²) < 4.78 is 5.90. The van der Waals surface area contributed by atoms with E-state index in [0.29, 0.717) is 18.0 Å². The van der Waals surface area contributed by atoms with Crippen LogP contribution in [0.3, 0.4) is 0 Å². The molecule has 120 valence electrons. The maximum absolute atomic E-state index is 12.7. The molecule has 0 spiro atoms. The van der Waals surface area contributed by atoms with Crippen molar-refractivity contribution in [1.29, 1.82) is 0 Å². The van der Waals surface area contributed by atoms with E-state index in [2.05, 4.69) is 24.0 Å². The van der Waals surface area contributed by atoms with E-state index in [1.54, 1.807) is 0 Å². The van der Waals surface area contributed by atoms with Crippen LogP contribution in [0.1, 0.15) is 32.6 Å². The summed E-state index contributed by atoms with van der Waals surface area (Å²) in [6.07, 6.45) is 4.83. The number of amides is 1. The monoisotopic (exact) mass is 309 g/mol. The Morgan fingerprint density at radius 2 is 1.87 bits per heavy atom. The van der Waals surface area contributed by atoms with E-state index in [1.165, 1.54) is 12.8 Å². The molecule has 0 heterocycles. The first-order chi connectivity index (χ1) is 11.2. The number of rotatable bonds is 6. The third kappa shape index (κ3) is 3.05. The Hall–Kier alpha value is -2.03. The molecule has 2 aromatic carbocycles. The second-order valence-corrected chi connectivity index (χ2v) is 6.88. The number of hydrogen-bond acceptors (Lipinski definition) is 2. The molecule has 0 radical (unpaired) electrons. The molecule has 3 nitrogen and oxygen atoms in total. The molecule has 0 aliphatic heterocycles. The Balaban J connectivity index is 1.47. The van der Waals surface area contributed by atoms with Gasteiger partial charge in [0.05, 0.1) is 0 Å². The van der Waals surface area contributed by atoms with Crippen LogP contribution in [0, 0.1) is 5.92 Å². The first-order valence-electron chi connectivity index (χ1n) is 8.66. The second-order valence-electron chi connectivity index (χ2n) is 6.88. The van der Waals surface area contributed by atoms with Crippen molar-refractivity contribution in [2.45, 2.75) is 44.7 Å². The highest BCUT2D eigenvalue weighted by Crippen LogP contribution is 2.39. The quantitative estimate of drug-likeness (QED) is 0.807. The number of nitrogens with zero attached hydrogens (tertiary/aromatic N) is 1. The lowest BCUT2D eigenvalue weighted by Gasteiger charge is -2.29. The number of carbonyl (C=O) groups excluding carboxylic acids is 1. The van der Waals surface area contributed by atoms with Crippen LogP contribution >= 0.6 is 0 Å². The molecular weight excluding hydrogens is 286 g/mol. The maximum atomic E-state index is 12.7. The summed E-state index contributed by atoms with van der Waals surface area (Å²) in [4.78, 5) is 14.8. The van der Waals surface area contributed by atoms with Gasteiger partial charge in [-0.25, -0.2) is 0 Å². The molecule has 4 rings (SSSR count). The summed E-state index contributed by atoms with van der Waals surface area (Å²) in [7, 11) is 0. The Labute approximate surface area is 137 Å². The normalized spacial score (nSPS) is 18.7. The molecule has 2 aliphatic carbocycles. The third-order valence-corrected chi connectivity index (χ3v) is 5.07. The summed E-state index contributed by atoms with van der Waals surface area (Å²) in [5.74, 6) is 1.64. The zero-order chi connectivity index (χ0) is 15.8. The van der Waals surface area contributed by atoms with Gasteiger partial charge in [0.15, 0.2) is 6.61 Å². The van der Waals surface area contributed by atoms with Crippen LogP contribution < -0.4 is 4.74 Å². The molecule has 0 aromatic heterocycles. The van der Waals surface area contributed by atoms with Crippen molar-refractivity contribution >= 4 is 16.7 Å². The average molecular weight is 309 g/mol. The predicted molar refractivity (Wildman–Crippen MR) is 91.5 cm³/mol. The fourth-order valence-electron chi connectivity index (χ4n) is 3.46. The van der Waals surface area contributed by atoms with Gasteiger partial charge in [-0.05, 0) is 50.0 Å². The number of fused-ring (bicyclic) bond motifs is 1. The molecule has 3 heteroatoms. The van der Waals surface area contributed by atoms with Gasteiger partial charge in [0.2, 0.25) is 0 Å². The van der Waals surface area contributed by atoms with Gasteiger partial charge >= 0.3 is 0 Å². The first-order valence-corrected chi connectivity index (χ1v) is 8.66. The van der Waals surface area contributed by atoms with Gasteiger partial charge in [0.25, 0.3) is 5.91 Å². The van der Waals surface area contributed by atoms with Crippen LogP contribution in [0.15, 0.2) is 42.5 Å². The van der Waals surface area contributed by atoms with Gasteiger partial charge < -0.3 is 9.64 Å². The lowest BCUT2D eigenvalue weighted by atomic mass is 10.1. The van der Waals surface area contributed by atoms with Crippen molar-refractivity contribution in [3.8, 4) is 5.75 Å². The third-order valence-electron chi connectivity index (χ3n) is 5.07.